The van der Waals surface area contributed by atoms with Crippen molar-refractivity contribution in [2.45, 2.75) is 74.4 Å². The summed E-state index contributed by atoms with van der Waals surface area (Å²) in [5.74, 6) is -0.225. The highest BCUT2D eigenvalue weighted by molar-refractivity contribution is 7.61. The Hall–Kier alpha value is -5.42. The number of carbonyl (C=O) groups excluding carboxylic acids is 1. The van der Waals surface area contributed by atoms with Gasteiger partial charge in [-0.25, -0.2) is 39.0 Å². The molecule has 5 aromatic rings. The number of allylic oxidation sites excluding steroid dienone is 1. The van der Waals surface area contributed by atoms with Crippen LogP contribution in [0.2, 0.25) is 0 Å². The quantitative estimate of drug-likeness (QED) is 0.0677. The van der Waals surface area contributed by atoms with Crippen molar-refractivity contribution in [3.8, 4) is 0 Å². The zero-order valence-electron chi connectivity index (χ0n) is 34.8. The summed E-state index contributed by atoms with van der Waals surface area (Å²) in [5, 5.41) is 41.6. The van der Waals surface area contributed by atoms with E-state index in [2.05, 4.69) is 62.2 Å². The van der Waals surface area contributed by atoms with E-state index in [1.54, 1.807) is 6.08 Å². The van der Waals surface area contributed by atoms with E-state index < -0.39 is 83.8 Å². The minimum Gasteiger partial charge on any atom is -0.387 e. The fraction of sp³-hybridized carbons (Fsp3) is 0.444. The van der Waals surface area contributed by atoms with Crippen LogP contribution in [0, 0.1) is 0 Å². The minimum atomic E-state index is -5.37. The van der Waals surface area contributed by atoms with Gasteiger partial charge in [-0.1, -0.05) is 12.1 Å². The number of carbonyl (C=O) groups is 1. The molecular formula is C36H48N14O14P2. The second-order valence-electron chi connectivity index (χ2n) is 15.1. The molecule has 13 N–H and O–H groups in total. The number of primary amides is 1. The number of H-pyrrole nitrogens is 1. The van der Waals surface area contributed by atoms with Crippen molar-refractivity contribution in [3.05, 3.63) is 79.4 Å². The number of rotatable bonds is 12. The second-order valence-corrected chi connectivity index (χ2v) is 18.2. The second kappa shape index (κ2) is 20.6. The van der Waals surface area contributed by atoms with E-state index in [1.165, 1.54) is 65.8 Å². The largest absolute Gasteiger partial charge is 0.481 e. The Labute approximate surface area is 373 Å². The van der Waals surface area contributed by atoms with Crippen molar-refractivity contribution in [2.75, 3.05) is 38.3 Å². The molecule has 30 heteroatoms. The summed E-state index contributed by atoms with van der Waals surface area (Å²) in [4.78, 5) is 65.5. The van der Waals surface area contributed by atoms with E-state index in [4.69, 9.17) is 35.7 Å². The first-order valence-electron chi connectivity index (χ1n) is 20.0. The summed E-state index contributed by atoms with van der Waals surface area (Å²) >= 11 is 0. The number of nitrogens with one attached hydrogen (secondary N) is 1. The number of fused-ring (bicyclic) bond motifs is 2. The van der Waals surface area contributed by atoms with Crippen LogP contribution in [0.1, 0.15) is 37.1 Å². The average Bonchev–Trinajstić information content (AvgIpc) is 4.14. The van der Waals surface area contributed by atoms with E-state index in [-0.39, 0.29) is 29.0 Å². The van der Waals surface area contributed by atoms with Crippen LogP contribution in [0.5, 0.6) is 0 Å². The molecule has 66 heavy (non-hydrogen) atoms. The molecule has 0 spiro atoms. The van der Waals surface area contributed by atoms with E-state index >= 15 is 0 Å². The Morgan fingerprint density at radius 1 is 0.909 bits per heavy atom. The molecule has 4 aliphatic rings. The van der Waals surface area contributed by atoms with Crippen molar-refractivity contribution in [1.82, 2.24) is 54.2 Å². The van der Waals surface area contributed by atoms with Gasteiger partial charge in [0.05, 0.1) is 25.9 Å². The summed E-state index contributed by atoms with van der Waals surface area (Å²) in [5.41, 5.74) is 19.7. The smallest absolute Gasteiger partial charge is 0.387 e. The molecule has 9 rings (SSSR count). The van der Waals surface area contributed by atoms with E-state index in [9.17, 15) is 44.1 Å². The summed E-state index contributed by atoms with van der Waals surface area (Å²) in [6, 6.07) is 4.79. The monoisotopic (exact) mass is 962 g/mol. The first-order valence-corrected chi connectivity index (χ1v) is 23.0. The summed E-state index contributed by atoms with van der Waals surface area (Å²) in [6.45, 7) is -0.563. The number of imidazole rings is 2. The number of ether oxygens (including phenoxy) is 2. The third kappa shape index (κ3) is 11.2. The number of hydrogen-bond donors (Lipinski definition) is 10. The molecule has 0 bridgehead atoms. The molecule has 0 aliphatic carbocycles. The number of anilines is 2. The van der Waals surface area contributed by atoms with E-state index in [1.807, 2.05) is 18.5 Å². The number of nitrogens with zero attached hydrogens (tertiary/aromatic N) is 10. The Bertz CT molecular complexity index is 2630. The van der Waals surface area contributed by atoms with Gasteiger partial charge in [-0.05, 0) is 44.5 Å². The predicted octanol–water partition coefficient (Wildman–Crippen LogP) is -0.903. The van der Waals surface area contributed by atoms with Crippen LogP contribution in [0.15, 0.2) is 73.9 Å². The fourth-order valence-corrected chi connectivity index (χ4v) is 9.46. The zero-order chi connectivity index (χ0) is 47.3. The lowest BCUT2D eigenvalue weighted by atomic mass is 10.1. The van der Waals surface area contributed by atoms with Gasteiger partial charge in [0, 0.05) is 36.4 Å². The van der Waals surface area contributed by atoms with Crippen molar-refractivity contribution in [2.24, 2.45) is 5.73 Å². The van der Waals surface area contributed by atoms with Crippen LogP contribution >= 0.6 is 15.6 Å². The molecular weight excluding hydrogens is 914 g/mol. The number of aliphatic hydroxyl groups is 4. The van der Waals surface area contributed by atoms with Gasteiger partial charge in [-0.2, -0.15) is 4.31 Å². The highest BCUT2D eigenvalue weighted by Crippen LogP contribution is 2.60. The number of aliphatic hydroxyl groups excluding tert-OH is 4. The first-order chi connectivity index (χ1) is 31.4. The molecule has 11 atom stereocenters. The molecule has 0 radical (unpaired) electrons. The maximum Gasteiger partial charge on any atom is 0.481 e. The zero-order valence-corrected chi connectivity index (χ0v) is 36.6. The first kappa shape index (κ1) is 48.5. The standard InChI is InChI=1S/C21H29N7O14P2.C10H14N2.C5H5N5/c22-17-12-19(25-7-24-17)28(8-26-12)21-16(32)14(30)11(41-21)6-39-44(36,37)42-43(34,35)38-5-10-13(29)15(31)20(40-10)27-3-1-2-9(4-27)18(23)33;1-12-7-3-5-10(12)9-4-2-6-11-8-9;6-4-3-5(9-1-7-3)10-2-8-4/h1,3-4,7-8,10-11,13-16,20-21,29-32H,2,5-6H2,(H2,23,33)(H,34,35)(H,36,37)(H2,22,24,25);2,4,6,8,10H,3,5,7H2,1H3;1-2H,(H3,6,7,8,9,10)/t10-,11-,13-,14-,15-,16-,20-,21-;10-;/m10./s1. The number of nitrogens with two attached hydrogens (primary N) is 3. The maximum absolute atomic E-state index is 12.4. The highest BCUT2D eigenvalue weighted by atomic mass is 31.3. The number of pyridine rings is 1. The van der Waals surface area contributed by atoms with Gasteiger partial charge in [-0.15, -0.1) is 0 Å². The molecule has 9 heterocycles. The van der Waals surface area contributed by atoms with Crippen molar-refractivity contribution < 1.29 is 67.0 Å². The molecule has 28 nitrogen and oxygen atoms in total. The van der Waals surface area contributed by atoms with Crippen molar-refractivity contribution in [3.63, 3.8) is 0 Å². The van der Waals surface area contributed by atoms with Crippen LogP contribution < -0.4 is 17.2 Å². The number of phosphoric ester groups is 2. The molecule has 3 saturated heterocycles. The van der Waals surface area contributed by atoms with Gasteiger partial charge in [-0.3, -0.25) is 28.3 Å². The summed E-state index contributed by atoms with van der Waals surface area (Å²) in [7, 11) is -8.54. The van der Waals surface area contributed by atoms with Gasteiger partial charge in [0.1, 0.15) is 60.3 Å². The van der Waals surface area contributed by atoms with E-state index in [0.717, 1.165) is 6.33 Å². The SMILES string of the molecule is CN1CCC[C@H]1c1cccnc1.NC(=O)C1=CN([C@@H]2O[C@H](COP(=O)(O)OP(=O)(O)OC[C@H]3O[C@@H](n4cnc5c(N)ncnc54)[C@H](O)[C@@H]3O)[C@@H](O)[C@H]2O)C=CC1.Nc1ncnc2nc[nH]c12. The van der Waals surface area contributed by atoms with Crippen molar-refractivity contribution in [1.29, 1.82) is 0 Å². The lowest BCUT2D eigenvalue weighted by molar-refractivity contribution is -0.115. The van der Waals surface area contributed by atoms with Gasteiger partial charge < -0.3 is 66.8 Å². The third-order valence-electron chi connectivity index (χ3n) is 10.7. The van der Waals surface area contributed by atoms with Crippen molar-refractivity contribution >= 4 is 55.5 Å². The number of aromatic nitrogens is 9. The predicted molar refractivity (Wildman–Crippen MR) is 227 cm³/mol. The average molecular weight is 963 g/mol. The Balaban J connectivity index is 0.000000236. The van der Waals surface area contributed by atoms with Gasteiger partial charge >= 0.3 is 15.6 Å². The molecule has 5 aromatic heterocycles. The molecule has 3 fully saturated rings. The molecule has 2 unspecified atom stereocenters. The number of amides is 1. The molecule has 1 amide bonds. The minimum absolute atomic E-state index is 0.0517. The number of nitrogen functional groups attached to an aromatic ring is 2. The van der Waals surface area contributed by atoms with Crippen LogP contribution in [0.3, 0.4) is 0 Å². The Morgan fingerprint density at radius 3 is 2.21 bits per heavy atom. The Morgan fingerprint density at radius 2 is 1.58 bits per heavy atom. The summed E-state index contributed by atoms with van der Waals surface area (Å²) < 4.78 is 50.8. The van der Waals surface area contributed by atoms with Crippen LogP contribution in [0.25, 0.3) is 22.3 Å². The van der Waals surface area contributed by atoms with Crippen LogP contribution in [-0.2, 0) is 36.8 Å². The van der Waals surface area contributed by atoms with Crippen LogP contribution in [0.4, 0.5) is 11.6 Å². The maximum atomic E-state index is 12.4. The number of hydrogen-bond acceptors (Lipinski definition) is 23. The third-order valence-corrected chi connectivity index (χ3v) is 13.3. The molecule has 356 valence electrons. The highest BCUT2D eigenvalue weighted by Gasteiger charge is 2.48. The fourth-order valence-electron chi connectivity index (χ4n) is 7.37. The molecule has 4 aliphatic heterocycles. The number of likely N-dealkylation sites (tertiary alicyclic amines) is 1. The molecule has 0 aromatic carbocycles. The van der Waals surface area contributed by atoms with Gasteiger partial charge in [0.2, 0.25) is 5.91 Å². The normalized spacial score (nSPS) is 28.3. The lowest BCUT2D eigenvalue weighted by Gasteiger charge is -2.28. The van der Waals surface area contributed by atoms with Crippen LogP contribution in [-0.4, -0.2) is 160 Å². The van der Waals surface area contributed by atoms with E-state index in [0.29, 0.717) is 23.0 Å². The van der Waals surface area contributed by atoms with Gasteiger partial charge in [0.25, 0.3) is 0 Å². The lowest BCUT2D eigenvalue weighted by Crippen LogP contribution is -2.40. The Kier molecular flexibility index (Phi) is 15.2. The van der Waals surface area contributed by atoms with Gasteiger partial charge in [0.15, 0.2) is 35.4 Å². The number of phosphoric acid groups is 2. The summed E-state index contributed by atoms with van der Waals surface area (Å²) in [6.07, 6.45) is 4.45. The molecule has 0 saturated carbocycles. The topological polar surface area (TPSA) is 414 Å². The number of aromatic amines is 1.